The monoisotopic (exact) mass is 200 g/mol. The molecule has 0 heterocycles. The minimum atomic E-state index is -1.33. The maximum atomic E-state index is 8.78. The van der Waals surface area contributed by atoms with E-state index >= 15 is 0 Å². The van der Waals surface area contributed by atoms with Gasteiger partial charge in [0.2, 0.25) is 0 Å². The molecule has 0 aliphatic heterocycles. The van der Waals surface area contributed by atoms with Crippen molar-refractivity contribution >= 4 is 12.2 Å². The minimum absolute atomic E-state index is 1.33. The van der Waals surface area contributed by atoms with Crippen molar-refractivity contribution in [2.75, 3.05) is 0 Å². The molecule has 0 atom stereocenters. The van der Waals surface area contributed by atoms with Gasteiger partial charge in [-0.3, -0.25) is 0 Å². The van der Waals surface area contributed by atoms with Gasteiger partial charge < -0.3 is 21.7 Å². The van der Waals surface area contributed by atoms with Gasteiger partial charge in [-0.05, 0) is 0 Å². The zero-order chi connectivity index (χ0) is 11.4. The first-order valence-electron chi connectivity index (χ1n) is 3.43. The number of nitrogens with two attached hydrogens (primary N) is 2. The summed E-state index contributed by atoms with van der Waals surface area (Å²) in [6.07, 6.45) is -2.67. The van der Waals surface area contributed by atoms with Crippen molar-refractivity contribution in [3.63, 3.8) is 0 Å². The Morgan fingerprint density at radius 2 is 0.786 bits per heavy atom. The van der Waals surface area contributed by atoms with Gasteiger partial charge in [-0.2, -0.15) is 0 Å². The Morgan fingerprint density at radius 1 is 0.714 bits per heavy atom. The molecule has 0 saturated carbocycles. The third kappa shape index (κ3) is 53.0. The van der Waals surface area contributed by atoms with Gasteiger partial charge >= 0.3 is 12.2 Å². The Bertz CT molecular complexity index is 204. The summed E-state index contributed by atoms with van der Waals surface area (Å²) in [5.74, 6) is 0. The van der Waals surface area contributed by atoms with E-state index in [1.54, 1.807) is 0 Å². The Hall–Kier alpha value is -2.24. The molecule has 6 N–H and O–H groups in total. The van der Waals surface area contributed by atoms with E-state index in [9.17, 15) is 0 Å². The van der Waals surface area contributed by atoms with Crippen molar-refractivity contribution < 1.29 is 19.8 Å². The minimum Gasteiger partial charge on any atom is -0.465 e. The highest BCUT2D eigenvalue weighted by atomic mass is 16.4. The molecule has 6 nitrogen and oxygen atoms in total. The van der Waals surface area contributed by atoms with Gasteiger partial charge in [0.1, 0.15) is 0 Å². The van der Waals surface area contributed by atoms with Crippen molar-refractivity contribution in [3.05, 3.63) is 36.4 Å². The molecule has 0 spiro atoms. The van der Waals surface area contributed by atoms with Gasteiger partial charge in [0.05, 0.1) is 0 Å². The summed E-state index contributed by atoms with van der Waals surface area (Å²) in [5.41, 5.74) is 8.06. The lowest BCUT2D eigenvalue weighted by atomic mass is 10.4. The third-order valence-corrected chi connectivity index (χ3v) is 0.667. The normalized spacial score (nSPS) is 6.86. The van der Waals surface area contributed by atoms with Crippen LogP contribution >= 0.6 is 0 Å². The molecule has 6 heteroatoms. The van der Waals surface area contributed by atoms with Crippen LogP contribution in [-0.4, -0.2) is 22.4 Å². The summed E-state index contributed by atoms with van der Waals surface area (Å²) in [7, 11) is 0. The smallest absolute Gasteiger partial charge is 0.402 e. The summed E-state index contributed by atoms with van der Waals surface area (Å²) in [4.78, 5) is 17.6. The van der Waals surface area contributed by atoms with Crippen LogP contribution in [0.4, 0.5) is 9.59 Å². The number of rotatable bonds is 0. The molecule has 1 rings (SSSR count). The topological polar surface area (TPSA) is 127 Å². The Labute approximate surface area is 80.8 Å². The number of amides is 2. The largest absolute Gasteiger partial charge is 0.465 e. The molecule has 0 fully saturated rings. The summed E-state index contributed by atoms with van der Waals surface area (Å²) in [6, 6.07) is 12.0. The Balaban J connectivity index is 0. The molecule has 2 amide bonds. The lowest BCUT2D eigenvalue weighted by Crippen LogP contribution is -2.03. The average molecular weight is 200 g/mol. The zero-order valence-corrected chi connectivity index (χ0v) is 7.33. The molecule has 1 aromatic rings. The highest BCUT2D eigenvalue weighted by Gasteiger charge is 1.65. The van der Waals surface area contributed by atoms with Crippen LogP contribution in [0, 0.1) is 0 Å². The van der Waals surface area contributed by atoms with Gasteiger partial charge in [0.15, 0.2) is 0 Å². The molecular formula is C8H12N2O4. The van der Waals surface area contributed by atoms with E-state index in [0.29, 0.717) is 0 Å². The number of benzene rings is 1. The van der Waals surface area contributed by atoms with Crippen LogP contribution in [0.25, 0.3) is 0 Å². The predicted molar refractivity (Wildman–Crippen MR) is 50.9 cm³/mol. The van der Waals surface area contributed by atoms with Gasteiger partial charge in [0.25, 0.3) is 0 Å². The fourth-order valence-electron chi connectivity index (χ4n) is 0.385. The standard InChI is InChI=1S/C6H6.2CH3NO2/c1-2-4-6-5-3-1;2*2-1(3)4/h1-6H;2*2H2,(H,3,4). The second kappa shape index (κ2) is 10.8. The molecule has 0 bridgehead atoms. The van der Waals surface area contributed by atoms with Gasteiger partial charge in [-0.15, -0.1) is 0 Å². The Morgan fingerprint density at radius 3 is 0.857 bits per heavy atom. The molecule has 0 aliphatic rings. The quantitative estimate of drug-likeness (QED) is 0.496. The second-order valence-corrected chi connectivity index (χ2v) is 1.83. The van der Waals surface area contributed by atoms with Crippen molar-refractivity contribution in [1.82, 2.24) is 0 Å². The second-order valence-electron chi connectivity index (χ2n) is 1.83. The fourth-order valence-corrected chi connectivity index (χ4v) is 0.385. The van der Waals surface area contributed by atoms with E-state index in [4.69, 9.17) is 19.8 Å². The van der Waals surface area contributed by atoms with Gasteiger partial charge in [0, 0.05) is 0 Å². The Kier molecular flexibility index (Phi) is 11.0. The van der Waals surface area contributed by atoms with Crippen molar-refractivity contribution in [2.45, 2.75) is 0 Å². The summed E-state index contributed by atoms with van der Waals surface area (Å²) >= 11 is 0. The molecule has 78 valence electrons. The third-order valence-electron chi connectivity index (χ3n) is 0.667. The van der Waals surface area contributed by atoms with E-state index in [1.165, 1.54) is 0 Å². The van der Waals surface area contributed by atoms with E-state index in [2.05, 4.69) is 11.5 Å². The van der Waals surface area contributed by atoms with E-state index in [-0.39, 0.29) is 0 Å². The molecule has 0 saturated heterocycles. The predicted octanol–water partition coefficient (Wildman–Crippen LogP) is 0.933. The van der Waals surface area contributed by atoms with Crippen molar-refractivity contribution in [2.24, 2.45) is 11.5 Å². The maximum Gasteiger partial charge on any atom is 0.402 e. The molecule has 14 heavy (non-hydrogen) atoms. The van der Waals surface area contributed by atoms with Gasteiger partial charge in [-0.1, -0.05) is 36.4 Å². The molecule has 0 aliphatic carbocycles. The average Bonchev–Trinajstić information content (AvgIpc) is 2.05. The van der Waals surface area contributed by atoms with Gasteiger partial charge in [-0.25, -0.2) is 9.59 Å². The first-order valence-corrected chi connectivity index (χ1v) is 3.43. The molecule has 0 aromatic heterocycles. The first kappa shape index (κ1) is 14.3. The molecule has 0 radical (unpaired) electrons. The van der Waals surface area contributed by atoms with E-state index < -0.39 is 12.2 Å². The highest BCUT2D eigenvalue weighted by Crippen LogP contribution is 1.79. The van der Waals surface area contributed by atoms with E-state index in [0.717, 1.165) is 0 Å². The molecule has 1 aromatic carbocycles. The van der Waals surface area contributed by atoms with Crippen molar-refractivity contribution in [3.8, 4) is 0 Å². The van der Waals surface area contributed by atoms with Crippen LogP contribution in [-0.2, 0) is 0 Å². The maximum absolute atomic E-state index is 8.78. The highest BCUT2D eigenvalue weighted by molar-refractivity contribution is 5.61. The number of carboxylic acid groups (broad SMARTS) is 2. The summed E-state index contributed by atoms with van der Waals surface area (Å²) in [5, 5.41) is 14.4. The zero-order valence-electron chi connectivity index (χ0n) is 7.33. The number of carbonyl (C=O) groups is 2. The fraction of sp³-hybridized carbons (Fsp3) is 0. The number of primary amides is 2. The van der Waals surface area contributed by atoms with Crippen molar-refractivity contribution in [1.29, 1.82) is 0 Å². The van der Waals surface area contributed by atoms with Crippen LogP contribution in [0.15, 0.2) is 36.4 Å². The van der Waals surface area contributed by atoms with Crippen LogP contribution < -0.4 is 11.5 Å². The van der Waals surface area contributed by atoms with Crippen LogP contribution in [0.3, 0.4) is 0 Å². The number of hydrogen-bond acceptors (Lipinski definition) is 2. The lowest BCUT2D eigenvalue weighted by Gasteiger charge is -1.69. The van der Waals surface area contributed by atoms with Crippen LogP contribution in [0.2, 0.25) is 0 Å². The molecule has 0 unspecified atom stereocenters. The molecular weight excluding hydrogens is 188 g/mol. The van der Waals surface area contributed by atoms with Crippen LogP contribution in [0.5, 0.6) is 0 Å². The number of hydrogen-bond donors (Lipinski definition) is 4. The SMILES string of the molecule is NC(=O)O.NC(=O)O.c1ccccc1. The van der Waals surface area contributed by atoms with Crippen LogP contribution in [0.1, 0.15) is 0 Å². The first-order chi connectivity index (χ1) is 6.46. The van der Waals surface area contributed by atoms with E-state index in [1.807, 2.05) is 36.4 Å². The lowest BCUT2D eigenvalue weighted by molar-refractivity contribution is 0.204. The summed E-state index contributed by atoms with van der Waals surface area (Å²) < 4.78 is 0. The summed E-state index contributed by atoms with van der Waals surface area (Å²) in [6.45, 7) is 0.